The molecule has 0 bridgehead atoms. The highest BCUT2D eigenvalue weighted by atomic mass is 31.2. The van der Waals surface area contributed by atoms with Crippen LogP contribution in [0.5, 0.6) is 0 Å². The van der Waals surface area contributed by atoms with E-state index in [9.17, 15) is 9.36 Å². The molecule has 0 aliphatic rings. The van der Waals surface area contributed by atoms with Crippen molar-refractivity contribution in [1.29, 1.82) is 0 Å². The highest BCUT2D eigenvalue weighted by Crippen LogP contribution is 2.35. The van der Waals surface area contributed by atoms with Gasteiger partial charge in [-0.15, -0.1) is 0 Å². The number of aryl methyl sites for hydroxylation is 1. The fraction of sp³-hybridized carbons (Fsp3) is 0.222. The predicted octanol–water partition coefficient (Wildman–Crippen LogP) is 1.22. The molecule has 0 fully saturated rings. The topological polar surface area (TPSA) is 74.6 Å². The van der Waals surface area contributed by atoms with Crippen molar-refractivity contribution in [2.45, 2.75) is 6.42 Å². The second-order valence-electron chi connectivity index (χ2n) is 2.95. The van der Waals surface area contributed by atoms with Crippen molar-refractivity contribution in [2.75, 3.05) is 6.16 Å². The molecule has 0 aliphatic heterocycles. The lowest BCUT2D eigenvalue weighted by Gasteiger charge is -2.05. The summed E-state index contributed by atoms with van der Waals surface area (Å²) in [5.41, 5.74) is 1.16. The zero-order valence-electron chi connectivity index (χ0n) is 7.46. The van der Waals surface area contributed by atoms with Crippen LogP contribution in [0.15, 0.2) is 24.3 Å². The molecule has 5 heteroatoms. The molecule has 0 spiro atoms. The minimum atomic E-state index is -3.98. The molecule has 0 aromatic heterocycles. The first kappa shape index (κ1) is 11.1. The lowest BCUT2D eigenvalue weighted by atomic mass is 10.1. The van der Waals surface area contributed by atoms with Crippen molar-refractivity contribution >= 4 is 13.9 Å². The molecule has 0 saturated carbocycles. The van der Waals surface area contributed by atoms with Gasteiger partial charge in [0, 0.05) is 5.56 Å². The monoisotopic (exact) mass is 214 g/mol. The highest BCUT2D eigenvalue weighted by molar-refractivity contribution is 7.51. The molecule has 1 rings (SSSR count). The van der Waals surface area contributed by atoms with Crippen molar-refractivity contribution in [2.24, 2.45) is 0 Å². The van der Waals surface area contributed by atoms with Gasteiger partial charge < -0.3 is 9.79 Å². The van der Waals surface area contributed by atoms with E-state index < -0.39 is 7.60 Å². The fourth-order valence-corrected chi connectivity index (χ4v) is 1.68. The lowest BCUT2D eigenvalue weighted by molar-refractivity contribution is 0.112. The molecule has 1 aromatic rings. The van der Waals surface area contributed by atoms with E-state index in [1.807, 2.05) is 0 Å². The normalized spacial score (nSPS) is 11.3. The van der Waals surface area contributed by atoms with Gasteiger partial charge in [0.05, 0.1) is 6.16 Å². The maximum absolute atomic E-state index is 10.6. The quantitative estimate of drug-likeness (QED) is 0.583. The number of carbonyl (C=O) groups excluding carboxylic acids is 1. The van der Waals surface area contributed by atoms with Crippen LogP contribution in [0.1, 0.15) is 15.9 Å². The summed E-state index contributed by atoms with van der Waals surface area (Å²) in [4.78, 5) is 27.9. The van der Waals surface area contributed by atoms with Crippen molar-refractivity contribution in [3.63, 3.8) is 0 Å². The summed E-state index contributed by atoms with van der Waals surface area (Å²) >= 11 is 0. The minimum Gasteiger partial charge on any atom is -0.324 e. The molecule has 0 atom stereocenters. The van der Waals surface area contributed by atoms with Crippen LogP contribution in [0.2, 0.25) is 0 Å². The Morgan fingerprint density at radius 3 is 2.50 bits per heavy atom. The molecule has 0 radical (unpaired) electrons. The van der Waals surface area contributed by atoms with E-state index in [-0.39, 0.29) is 12.6 Å². The average molecular weight is 214 g/mol. The van der Waals surface area contributed by atoms with Gasteiger partial charge in [0.2, 0.25) is 0 Å². The van der Waals surface area contributed by atoms with Crippen molar-refractivity contribution in [1.82, 2.24) is 0 Å². The van der Waals surface area contributed by atoms with Crippen molar-refractivity contribution in [3.05, 3.63) is 35.4 Å². The zero-order valence-corrected chi connectivity index (χ0v) is 8.35. The SMILES string of the molecule is O=Cc1ccccc1CCP(=O)(O)O. The molecule has 76 valence electrons. The molecule has 14 heavy (non-hydrogen) atoms. The van der Waals surface area contributed by atoms with Gasteiger partial charge >= 0.3 is 7.60 Å². The van der Waals surface area contributed by atoms with Gasteiger partial charge in [0.15, 0.2) is 0 Å². The van der Waals surface area contributed by atoms with E-state index in [2.05, 4.69) is 0 Å². The van der Waals surface area contributed by atoms with Crippen LogP contribution in [0, 0.1) is 0 Å². The number of aldehydes is 1. The Bertz CT molecular complexity index is 369. The molecule has 0 unspecified atom stereocenters. The van der Waals surface area contributed by atoms with Crippen LogP contribution < -0.4 is 0 Å². The van der Waals surface area contributed by atoms with Crippen LogP contribution in [0.25, 0.3) is 0 Å². The van der Waals surface area contributed by atoms with Crippen LogP contribution in [0.4, 0.5) is 0 Å². The summed E-state index contributed by atoms with van der Waals surface area (Å²) in [6, 6.07) is 6.77. The summed E-state index contributed by atoms with van der Waals surface area (Å²) in [5.74, 6) is 0. The fourth-order valence-electron chi connectivity index (χ4n) is 1.14. The Labute approximate surface area is 81.7 Å². The lowest BCUT2D eigenvalue weighted by Crippen LogP contribution is -1.97. The summed E-state index contributed by atoms with van der Waals surface area (Å²) in [6.07, 6.45) is 0.687. The second-order valence-corrected chi connectivity index (χ2v) is 4.73. The van der Waals surface area contributed by atoms with Gasteiger partial charge in [-0.3, -0.25) is 9.36 Å². The van der Waals surface area contributed by atoms with Crippen LogP contribution >= 0.6 is 7.60 Å². The third-order valence-corrected chi connectivity index (χ3v) is 2.66. The summed E-state index contributed by atoms with van der Waals surface area (Å²) < 4.78 is 10.6. The van der Waals surface area contributed by atoms with Crippen LogP contribution in [0.3, 0.4) is 0 Å². The van der Waals surface area contributed by atoms with Gasteiger partial charge in [-0.05, 0) is 12.0 Å². The number of hydrogen-bond acceptors (Lipinski definition) is 2. The largest absolute Gasteiger partial charge is 0.325 e. The predicted molar refractivity (Wildman–Crippen MR) is 52.4 cm³/mol. The third-order valence-electron chi connectivity index (χ3n) is 1.85. The van der Waals surface area contributed by atoms with Gasteiger partial charge in [0.25, 0.3) is 0 Å². The molecule has 0 saturated heterocycles. The number of carbonyl (C=O) groups is 1. The molecule has 2 N–H and O–H groups in total. The molecule has 0 heterocycles. The number of benzene rings is 1. The summed E-state index contributed by atoms with van der Waals surface area (Å²) in [5, 5.41) is 0. The van der Waals surface area contributed by atoms with E-state index in [1.165, 1.54) is 0 Å². The standard InChI is InChI=1S/C9H11O4P/c10-7-9-4-2-1-3-8(9)5-6-14(11,12)13/h1-4,7H,5-6H2,(H2,11,12,13). The average Bonchev–Trinajstić information content (AvgIpc) is 2.14. The van der Waals surface area contributed by atoms with Gasteiger partial charge in [-0.25, -0.2) is 0 Å². The molecule has 1 aromatic carbocycles. The number of rotatable bonds is 4. The molecule has 0 aliphatic carbocycles. The molecular weight excluding hydrogens is 203 g/mol. The zero-order chi connectivity index (χ0) is 10.6. The smallest absolute Gasteiger partial charge is 0.324 e. The van der Waals surface area contributed by atoms with E-state index in [4.69, 9.17) is 9.79 Å². The first-order valence-electron chi connectivity index (χ1n) is 4.10. The van der Waals surface area contributed by atoms with Crippen molar-refractivity contribution < 1.29 is 19.1 Å². The maximum Gasteiger partial charge on any atom is 0.325 e. The van der Waals surface area contributed by atoms with E-state index >= 15 is 0 Å². The van der Waals surface area contributed by atoms with Crippen LogP contribution in [-0.4, -0.2) is 22.2 Å². The van der Waals surface area contributed by atoms with Gasteiger partial charge in [-0.2, -0.15) is 0 Å². The summed E-state index contributed by atoms with van der Waals surface area (Å²) in [6.45, 7) is 0. The Morgan fingerprint density at radius 2 is 1.93 bits per heavy atom. The Kier molecular flexibility index (Phi) is 3.58. The Balaban J connectivity index is 2.76. The first-order chi connectivity index (χ1) is 6.53. The second kappa shape index (κ2) is 4.51. The summed E-state index contributed by atoms with van der Waals surface area (Å²) in [7, 11) is -3.98. The molecule has 4 nitrogen and oxygen atoms in total. The van der Waals surface area contributed by atoms with E-state index in [0.29, 0.717) is 17.4 Å². The number of hydrogen-bond donors (Lipinski definition) is 2. The van der Waals surface area contributed by atoms with Gasteiger partial charge in [0.1, 0.15) is 6.29 Å². The minimum absolute atomic E-state index is 0.221. The Hall–Kier alpha value is -0.960. The van der Waals surface area contributed by atoms with E-state index in [0.717, 1.165) is 0 Å². The van der Waals surface area contributed by atoms with Gasteiger partial charge in [-0.1, -0.05) is 24.3 Å². The highest BCUT2D eigenvalue weighted by Gasteiger charge is 2.13. The Morgan fingerprint density at radius 1 is 1.29 bits per heavy atom. The molecule has 0 amide bonds. The maximum atomic E-state index is 10.6. The third kappa shape index (κ3) is 3.42. The first-order valence-corrected chi connectivity index (χ1v) is 5.90. The molecular formula is C9H11O4P. The van der Waals surface area contributed by atoms with Crippen LogP contribution in [-0.2, 0) is 11.0 Å². The van der Waals surface area contributed by atoms with Crippen molar-refractivity contribution in [3.8, 4) is 0 Å². The van der Waals surface area contributed by atoms with E-state index in [1.54, 1.807) is 24.3 Å².